The van der Waals surface area contributed by atoms with Gasteiger partial charge in [-0.1, -0.05) is 0 Å². The number of rotatable bonds is 2. The second kappa shape index (κ2) is 5.05. The molecule has 0 bridgehead atoms. The molecule has 0 saturated carbocycles. The number of nitrogens with zero attached hydrogens (tertiary/aromatic N) is 4. The van der Waals surface area contributed by atoms with Gasteiger partial charge in [0.1, 0.15) is 0 Å². The van der Waals surface area contributed by atoms with Gasteiger partial charge in [-0.2, -0.15) is 0 Å². The molecule has 4 rings (SSSR count). The molecule has 118 valence electrons. The quantitative estimate of drug-likeness (QED) is 0.406. The summed E-state index contributed by atoms with van der Waals surface area (Å²) in [7, 11) is 2.61. The van der Waals surface area contributed by atoms with Gasteiger partial charge in [0.2, 0.25) is 0 Å². The van der Waals surface area contributed by atoms with Crippen LogP contribution in [0.15, 0.2) is 24.3 Å². The third kappa shape index (κ3) is 1.93. The zero-order valence-electron chi connectivity index (χ0n) is 12.7. The smallest absolute Gasteiger partial charge is 0.338 e. The van der Waals surface area contributed by atoms with Gasteiger partial charge in [-0.3, -0.25) is 0 Å². The van der Waals surface area contributed by atoms with Crippen molar-refractivity contribution in [1.82, 2.24) is 20.4 Å². The predicted octanol–water partition coefficient (Wildman–Crippen LogP) is 1.74. The van der Waals surface area contributed by atoms with Crippen LogP contribution in [0.5, 0.6) is 0 Å². The van der Waals surface area contributed by atoms with Crippen molar-refractivity contribution in [2.75, 3.05) is 14.2 Å². The second-order valence-corrected chi connectivity index (χ2v) is 5.16. The summed E-state index contributed by atoms with van der Waals surface area (Å²) in [5.41, 5.74) is 2.67. The Morgan fingerprint density at radius 1 is 0.667 bits per heavy atom. The molecule has 8 nitrogen and oxygen atoms in total. The van der Waals surface area contributed by atoms with E-state index in [-0.39, 0.29) is 0 Å². The predicted molar refractivity (Wildman–Crippen MR) is 84.0 cm³/mol. The minimum absolute atomic E-state index is 0.322. The van der Waals surface area contributed by atoms with Crippen molar-refractivity contribution in [3.8, 4) is 0 Å². The summed E-state index contributed by atoms with van der Waals surface area (Å²) in [6.07, 6.45) is 0. The minimum atomic E-state index is -0.489. The Morgan fingerprint density at radius 3 is 1.21 bits per heavy atom. The molecular weight excluding hydrogens is 312 g/mol. The van der Waals surface area contributed by atoms with Crippen molar-refractivity contribution in [3.05, 3.63) is 35.4 Å². The highest BCUT2D eigenvalue weighted by molar-refractivity contribution is 6.20. The minimum Gasteiger partial charge on any atom is -0.465 e. The summed E-state index contributed by atoms with van der Waals surface area (Å²) >= 11 is 0. The third-order valence-electron chi connectivity index (χ3n) is 3.82. The lowest BCUT2D eigenvalue weighted by Gasteiger charge is -2.09. The molecule has 0 fully saturated rings. The Hall–Kier alpha value is -3.42. The second-order valence-electron chi connectivity index (χ2n) is 5.16. The summed E-state index contributed by atoms with van der Waals surface area (Å²) in [6.45, 7) is 0. The van der Waals surface area contributed by atoms with Gasteiger partial charge in [0.15, 0.2) is 0 Å². The van der Waals surface area contributed by atoms with Crippen LogP contribution in [0.1, 0.15) is 20.7 Å². The SMILES string of the molecule is COC(=O)c1cc2nnc3cc(C(=O)OC)cc4nnc(c1)c2c34. The number of carbonyl (C=O) groups is 2. The van der Waals surface area contributed by atoms with Crippen LogP contribution in [0.25, 0.3) is 32.8 Å². The van der Waals surface area contributed by atoms with E-state index < -0.39 is 11.9 Å². The standard InChI is InChI=1S/C16H10N4O4/c1-23-15(21)7-3-9-13-10(4-7)18-20-12-6-8(16(22)24-2)5-11(14(12)13)19-17-9/h3-6H,1-2H3. The largest absolute Gasteiger partial charge is 0.465 e. The van der Waals surface area contributed by atoms with Crippen molar-refractivity contribution in [2.45, 2.75) is 0 Å². The molecule has 0 amide bonds. The Balaban J connectivity index is 2.09. The number of carbonyl (C=O) groups excluding carboxylic acids is 2. The van der Waals surface area contributed by atoms with Gasteiger partial charge in [0.25, 0.3) is 0 Å². The molecule has 24 heavy (non-hydrogen) atoms. The fourth-order valence-corrected chi connectivity index (χ4v) is 2.74. The summed E-state index contributed by atoms with van der Waals surface area (Å²) in [6, 6.07) is 6.37. The summed E-state index contributed by atoms with van der Waals surface area (Å²) in [5.74, 6) is -0.978. The topological polar surface area (TPSA) is 104 Å². The highest BCUT2D eigenvalue weighted by Crippen LogP contribution is 2.31. The molecule has 0 spiro atoms. The number of hydrogen-bond acceptors (Lipinski definition) is 8. The van der Waals surface area contributed by atoms with E-state index in [1.54, 1.807) is 24.3 Å². The van der Waals surface area contributed by atoms with Gasteiger partial charge in [0.05, 0.1) is 47.4 Å². The molecule has 8 heteroatoms. The van der Waals surface area contributed by atoms with Gasteiger partial charge in [-0.05, 0) is 24.3 Å². The molecule has 2 heterocycles. The van der Waals surface area contributed by atoms with Crippen LogP contribution in [-0.4, -0.2) is 46.6 Å². The molecule has 0 saturated heterocycles. The Bertz CT molecular complexity index is 970. The lowest BCUT2D eigenvalue weighted by atomic mass is 10.0. The maximum absolute atomic E-state index is 11.8. The number of ether oxygens (including phenoxy) is 2. The monoisotopic (exact) mass is 322 g/mol. The van der Waals surface area contributed by atoms with Crippen LogP contribution in [0, 0.1) is 0 Å². The van der Waals surface area contributed by atoms with Crippen molar-refractivity contribution in [2.24, 2.45) is 0 Å². The van der Waals surface area contributed by atoms with Crippen molar-refractivity contribution in [1.29, 1.82) is 0 Å². The van der Waals surface area contributed by atoms with Crippen LogP contribution in [0.2, 0.25) is 0 Å². The molecular formula is C16H10N4O4. The van der Waals surface area contributed by atoms with Crippen molar-refractivity contribution < 1.29 is 19.1 Å². The first-order chi connectivity index (χ1) is 11.6. The number of methoxy groups -OCH3 is 2. The maximum Gasteiger partial charge on any atom is 0.338 e. The van der Waals surface area contributed by atoms with Gasteiger partial charge in [-0.25, -0.2) is 9.59 Å². The molecule has 0 aliphatic heterocycles. The van der Waals surface area contributed by atoms with Crippen LogP contribution in [0.4, 0.5) is 0 Å². The molecule has 2 aromatic carbocycles. The van der Waals surface area contributed by atoms with E-state index in [4.69, 9.17) is 9.47 Å². The van der Waals surface area contributed by atoms with Crippen LogP contribution >= 0.6 is 0 Å². The molecule has 2 aromatic heterocycles. The van der Waals surface area contributed by atoms with E-state index in [0.717, 1.165) is 10.8 Å². The normalized spacial score (nSPS) is 11.2. The van der Waals surface area contributed by atoms with Crippen LogP contribution in [-0.2, 0) is 9.47 Å². The number of aromatic nitrogens is 4. The lowest BCUT2D eigenvalue weighted by molar-refractivity contribution is 0.0592. The van der Waals surface area contributed by atoms with Crippen molar-refractivity contribution >= 4 is 44.8 Å². The molecule has 4 aromatic rings. The Morgan fingerprint density at radius 2 is 0.958 bits per heavy atom. The Kier molecular flexibility index (Phi) is 2.99. The van der Waals surface area contributed by atoms with E-state index >= 15 is 0 Å². The average molecular weight is 322 g/mol. The van der Waals surface area contributed by atoms with E-state index in [1.807, 2.05) is 0 Å². The van der Waals surface area contributed by atoms with Gasteiger partial charge >= 0.3 is 11.9 Å². The van der Waals surface area contributed by atoms with Crippen LogP contribution < -0.4 is 0 Å². The molecule has 0 radical (unpaired) electrons. The number of esters is 2. The van der Waals surface area contributed by atoms with Crippen molar-refractivity contribution in [3.63, 3.8) is 0 Å². The van der Waals surface area contributed by atoms with Crippen LogP contribution in [0.3, 0.4) is 0 Å². The lowest BCUT2D eigenvalue weighted by Crippen LogP contribution is -2.05. The first-order valence-electron chi connectivity index (χ1n) is 6.99. The molecule has 0 atom stereocenters. The average Bonchev–Trinajstić information content (AvgIpc) is 2.63. The highest BCUT2D eigenvalue weighted by Gasteiger charge is 2.18. The van der Waals surface area contributed by atoms with Gasteiger partial charge in [-0.15, -0.1) is 20.4 Å². The fraction of sp³-hybridized carbons (Fsp3) is 0.125. The molecule has 0 aliphatic carbocycles. The molecule has 0 aliphatic rings. The first kappa shape index (κ1) is 14.2. The number of hydrogen-bond donors (Lipinski definition) is 0. The summed E-state index contributed by atoms with van der Waals surface area (Å²) in [4.78, 5) is 23.5. The zero-order valence-corrected chi connectivity index (χ0v) is 12.7. The van der Waals surface area contributed by atoms with E-state index in [2.05, 4.69) is 20.4 Å². The summed E-state index contributed by atoms with van der Waals surface area (Å²) < 4.78 is 9.46. The third-order valence-corrected chi connectivity index (χ3v) is 3.82. The summed E-state index contributed by atoms with van der Waals surface area (Å²) in [5, 5.41) is 18.0. The highest BCUT2D eigenvalue weighted by atomic mass is 16.5. The fourth-order valence-electron chi connectivity index (χ4n) is 2.74. The maximum atomic E-state index is 11.8. The zero-order chi connectivity index (χ0) is 16.8. The number of benzene rings is 2. The van der Waals surface area contributed by atoms with E-state index in [0.29, 0.717) is 33.2 Å². The first-order valence-corrected chi connectivity index (χ1v) is 6.99. The van der Waals surface area contributed by atoms with Gasteiger partial charge < -0.3 is 9.47 Å². The van der Waals surface area contributed by atoms with E-state index in [9.17, 15) is 9.59 Å². The van der Waals surface area contributed by atoms with E-state index in [1.165, 1.54) is 14.2 Å². The molecule has 0 unspecified atom stereocenters. The Labute approximate surface area is 134 Å². The molecule has 0 N–H and O–H groups in total. The van der Waals surface area contributed by atoms with Gasteiger partial charge in [0, 0.05) is 10.8 Å².